The van der Waals surface area contributed by atoms with Crippen LogP contribution in [0.5, 0.6) is 5.75 Å². The number of hydrogen-bond acceptors (Lipinski definition) is 3. The number of nitrogens with zero attached hydrogens (tertiary/aromatic N) is 1. The summed E-state index contributed by atoms with van der Waals surface area (Å²) in [6.07, 6.45) is 0.0315. The average Bonchev–Trinajstić information content (AvgIpc) is 3.09. The highest BCUT2D eigenvalue weighted by molar-refractivity contribution is 5.94. The summed E-state index contributed by atoms with van der Waals surface area (Å²) in [6, 6.07) is 9.50. The SMILES string of the molecule is COc1cccc([C@@H]2C[C@@H](O)CN2C(=O)c2[nH]c(C)cc2C)c1. The van der Waals surface area contributed by atoms with Gasteiger partial charge in [-0.1, -0.05) is 12.1 Å². The van der Waals surface area contributed by atoms with Crippen LogP contribution in [0.25, 0.3) is 0 Å². The molecule has 2 N–H and O–H groups in total. The molecule has 23 heavy (non-hydrogen) atoms. The van der Waals surface area contributed by atoms with Gasteiger partial charge in [-0.15, -0.1) is 0 Å². The molecule has 2 heterocycles. The van der Waals surface area contributed by atoms with E-state index in [9.17, 15) is 9.90 Å². The molecule has 0 aliphatic carbocycles. The first-order valence-electron chi connectivity index (χ1n) is 7.78. The highest BCUT2D eigenvalue weighted by Gasteiger charge is 2.36. The lowest BCUT2D eigenvalue weighted by molar-refractivity contribution is 0.0709. The summed E-state index contributed by atoms with van der Waals surface area (Å²) >= 11 is 0. The second-order valence-electron chi connectivity index (χ2n) is 6.15. The van der Waals surface area contributed by atoms with E-state index in [2.05, 4.69) is 4.98 Å². The number of methoxy groups -OCH3 is 1. The Kier molecular flexibility index (Phi) is 4.13. The van der Waals surface area contributed by atoms with Crippen molar-refractivity contribution < 1.29 is 14.6 Å². The van der Waals surface area contributed by atoms with Crippen LogP contribution < -0.4 is 4.74 Å². The quantitative estimate of drug-likeness (QED) is 0.915. The summed E-state index contributed by atoms with van der Waals surface area (Å²) in [7, 11) is 1.62. The van der Waals surface area contributed by atoms with Crippen molar-refractivity contribution in [2.45, 2.75) is 32.4 Å². The van der Waals surface area contributed by atoms with Gasteiger partial charge >= 0.3 is 0 Å². The normalized spacial score (nSPS) is 20.8. The summed E-state index contributed by atoms with van der Waals surface area (Å²) < 4.78 is 5.27. The van der Waals surface area contributed by atoms with Gasteiger partial charge in [0.15, 0.2) is 0 Å². The number of aromatic nitrogens is 1. The molecule has 1 aromatic carbocycles. The topological polar surface area (TPSA) is 65.6 Å². The number of aromatic amines is 1. The fourth-order valence-corrected chi connectivity index (χ4v) is 3.30. The number of nitrogens with one attached hydrogen (secondary N) is 1. The van der Waals surface area contributed by atoms with Crippen molar-refractivity contribution in [1.29, 1.82) is 0 Å². The zero-order valence-corrected chi connectivity index (χ0v) is 13.7. The Labute approximate surface area is 135 Å². The summed E-state index contributed by atoms with van der Waals surface area (Å²) in [5.74, 6) is 0.683. The van der Waals surface area contributed by atoms with Gasteiger partial charge in [0.2, 0.25) is 0 Å². The molecule has 1 aliphatic heterocycles. The number of aryl methyl sites for hydroxylation is 2. The number of carbonyl (C=O) groups is 1. The highest BCUT2D eigenvalue weighted by atomic mass is 16.5. The summed E-state index contributed by atoms with van der Waals surface area (Å²) in [5.41, 5.74) is 3.47. The van der Waals surface area contributed by atoms with Gasteiger partial charge in [-0.05, 0) is 49.6 Å². The van der Waals surface area contributed by atoms with Crippen molar-refractivity contribution in [3.8, 4) is 5.75 Å². The van der Waals surface area contributed by atoms with Gasteiger partial charge in [0.05, 0.1) is 19.3 Å². The number of amides is 1. The van der Waals surface area contributed by atoms with Crippen LogP contribution in [0.2, 0.25) is 0 Å². The maximum Gasteiger partial charge on any atom is 0.271 e. The number of carbonyl (C=O) groups excluding carboxylic acids is 1. The minimum absolute atomic E-state index is 0.0695. The molecule has 5 nitrogen and oxygen atoms in total. The van der Waals surface area contributed by atoms with Crippen molar-refractivity contribution >= 4 is 5.91 Å². The molecule has 3 rings (SSSR count). The van der Waals surface area contributed by atoms with E-state index in [1.54, 1.807) is 12.0 Å². The zero-order valence-electron chi connectivity index (χ0n) is 13.7. The molecular formula is C18H22N2O3. The summed E-state index contributed by atoms with van der Waals surface area (Å²) in [5, 5.41) is 10.1. The Hall–Kier alpha value is -2.27. The molecule has 0 saturated carbocycles. The molecule has 122 valence electrons. The zero-order chi connectivity index (χ0) is 16.6. The van der Waals surface area contributed by atoms with Crippen LogP contribution in [0.4, 0.5) is 0 Å². The Morgan fingerprint density at radius 3 is 2.78 bits per heavy atom. The third-order valence-corrected chi connectivity index (χ3v) is 4.38. The van der Waals surface area contributed by atoms with Crippen molar-refractivity contribution in [3.05, 3.63) is 52.8 Å². The number of likely N-dealkylation sites (tertiary alicyclic amines) is 1. The highest BCUT2D eigenvalue weighted by Crippen LogP contribution is 2.35. The molecule has 2 aromatic rings. The van der Waals surface area contributed by atoms with Crippen LogP contribution in [0.3, 0.4) is 0 Å². The molecule has 0 spiro atoms. The fourth-order valence-electron chi connectivity index (χ4n) is 3.30. The van der Waals surface area contributed by atoms with E-state index in [0.29, 0.717) is 18.7 Å². The van der Waals surface area contributed by atoms with E-state index in [0.717, 1.165) is 22.6 Å². The van der Waals surface area contributed by atoms with Gasteiger partial charge in [0, 0.05) is 12.2 Å². The Morgan fingerprint density at radius 2 is 2.13 bits per heavy atom. The predicted octanol–water partition coefficient (Wildman–Crippen LogP) is 2.59. The molecule has 1 aromatic heterocycles. The first-order chi connectivity index (χ1) is 11.0. The number of β-amino-alcohol motifs (C(OH)–C–C–N with tert-alkyl or cyclic N) is 1. The maximum atomic E-state index is 12.9. The van der Waals surface area contributed by atoms with Crippen molar-refractivity contribution in [2.24, 2.45) is 0 Å². The number of rotatable bonds is 3. The van der Waals surface area contributed by atoms with Gasteiger partial charge in [-0.25, -0.2) is 0 Å². The van der Waals surface area contributed by atoms with E-state index < -0.39 is 6.10 Å². The smallest absolute Gasteiger partial charge is 0.271 e. The molecule has 0 radical (unpaired) electrons. The van der Waals surface area contributed by atoms with E-state index in [1.807, 2.05) is 44.2 Å². The number of hydrogen-bond donors (Lipinski definition) is 2. The van der Waals surface area contributed by atoms with Gasteiger partial charge in [-0.3, -0.25) is 4.79 Å². The minimum Gasteiger partial charge on any atom is -0.497 e. The fraction of sp³-hybridized carbons (Fsp3) is 0.389. The first kappa shape index (κ1) is 15.6. The molecule has 1 aliphatic rings. The van der Waals surface area contributed by atoms with Crippen molar-refractivity contribution in [3.63, 3.8) is 0 Å². The molecule has 0 unspecified atom stereocenters. The van der Waals surface area contributed by atoms with Gasteiger partial charge < -0.3 is 19.7 Å². The molecule has 1 amide bonds. The Bertz CT molecular complexity index is 723. The van der Waals surface area contributed by atoms with Crippen LogP contribution in [0.1, 0.15) is 39.8 Å². The first-order valence-corrected chi connectivity index (χ1v) is 7.78. The van der Waals surface area contributed by atoms with Crippen LogP contribution in [-0.4, -0.2) is 40.7 Å². The third kappa shape index (κ3) is 2.97. The monoisotopic (exact) mass is 314 g/mol. The van der Waals surface area contributed by atoms with Crippen LogP contribution in [-0.2, 0) is 0 Å². The van der Waals surface area contributed by atoms with Gasteiger partial charge in [0.25, 0.3) is 5.91 Å². The minimum atomic E-state index is -0.508. The van der Waals surface area contributed by atoms with E-state index in [-0.39, 0.29) is 11.9 Å². The standard InChI is InChI=1S/C18H22N2O3/c1-11-7-12(2)19-17(11)18(22)20-10-14(21)9-16(20)13-5-4-6-15(8-13)23-3/h4-8,14,16,19,21H,9-10H2,1-3H3/t14-,16+/m1/s1. The lowest BCUT2D eigenvalue weighted by atomic mass is 10.0. The number of H-pyrrole nitrogens is 1. The largest absolute Gasteiger partial charge is 0.497 e. The molecule has 1 saturated heterocycles. The molecular weight excluding hydrogens is 292 g/mol. The maximum absolute atomic E-state index is 12.9. The second-order valence-corrected chi connectivity index (χ2v) is 6.15. The average molecular weight is 314 g/mol. The lowest BCUT2D eigenvalue weighted by Gasteiger charge is -2.25. The number of aliphatic hydroxyl groups is 1. The predicted molar refractivity (Wildman–Crippen MR) is 87.7 cm³/mol. The number of benzene rings is 1. The van der Waals surface area contributed by atoms with E-state index in [1.165, 1.54) is 0 Å². The van der Waals surface area contributed by atoms with E-state index >= 15 is 0 Å². The van der Waals surface area contributed by atoms with Gasteiger partial charge in [0.1, 0.15) is 11.4 Å². The molecule has 5 heteroatoms. The van der Waals surface area contributed by atoms with Crippen molar-refractivity contribution in [1.82, 2.24) is 9.88 Å². The van der Waals surface area contributed by atoms with Crippen LogP contribution in [0.15, 0.2) is 30.3 Å². The number of aliphatic hydroxyl groups excluding tert-OH is 1. The Balaban J connectivity index is 1.93. The van der Waals surface area contributed by atoms with Crippen molar-refractivity contribution in [2.75, 3.05) is 13.7 Å². The number of ether oxygens (including phenoxy) is 1. The van der Waals surface area contributed by atoms with E-state index in [4.69, 9.17) is 4.74 Å². The second kappa shape index (κ2) is 6.08. The lowest BCUT2D eigenvalue weighted by Crippen LogP contribution is -2.32. The summed E-state index contributed by atoms with van der Waals surface area (Å²) in [4.78, 5) is 17.8. The molecule has 0 bridgehead atoms. The third-order valence-electron chi connectivity index (χ3n) is 4.38. The Morgan fingerprint density at radius 1 is 1.35 bits per heavy atom. The summed E-state index contributed by atoms with van der Waals surface area (Å²) in [6.45, 7) is 4.20. The molecule has 1 fully saturated rings. The van der Waals surface area contributed by atoms with Crippen LogP contribution in [0, 0.1) is 13.8 Å². The van der Waals surface area contributed by atoms with Crippen LogP contribution >= 0.6 is 0 Å². The molecule has 2 atom stereocenters. The van der Waals surface area contributed by atoms with Gasteiger partial charge in [-0.2, -0.15) is 0 Å².